The fraction of sp³-hybridized carbons (Fsp3) is 0.222. The molecule has 1 unspecified atom stereocenters. The Morgan fingerprint density at radius 1 is 1.05 bits per heavy atom. The largest absolute Gasteiger partial charge is 0.310 e. The Morgan fingerprint density at radius 2 is 1.81 bits per heavy atom. The topological polar surface area (TPSA) is 12.0 Å². The van der Waals surface area contributed by atoms with Crippen LogP contribution in [0, 0.1) is 0 Å². The highest BCUT2D eigenvalue weighted by Gasteiger charge is 2.09. The van der Waals surface area contributed by atoms with Crippen LogP contribution in [-0.4, -0.2) is 6.54 Å². The predicted molar refractivity (Wildman–Crippen MR) is 97.1 cm³/mol. The third kappa shape index (κ3) is 3.20. The van der Waals surface area contributed by atoms with E-state index in [4.69, 9.17) is 0 Å². The number of fused-ring (bicyclic) bond motifs is 1. The van der Waals surface area contributed by atoms with Gasteiger partial charge in [-0.3, -0.25) is 0 Å². The molecule has 0 saturated carbocycles. The predicted octanol–water partition coefficient (Wildman–Crippen LogP) is 6.00. The molecule has 0 bridgehead atoms. The lowest BCUT2D eigenvalue weighted by molar-refractivity contribution is 0.607. The first-order valence-electron chi connectivity index (χ1n) is 7.20. The van der Waals surface area contributed by atoms with Crippen LogP contribution >= 0.6 is 27.3 Å². The second-order valence-electron chi connectivity index (χ2n) is 5.19. The minimum absolute atomic E-state index is 0.421. The average Bonchev–Trinajstić information content (AvgIpc) is 2.97. The zero-order valence-corrected chi connectivity index (χ0v) is 14.6. The Hall–Kier alpha value is -1.16. The molecule has 21 heavy (non-hydrogen) atoms. The van der Waals surface area contributed by atoms with Gasteiger partial charge in [0.2, 0.25) is 0 Å². The van der Waals surface area contributed by atoms with Crippen LogP contribution in [0.25, 0.3) is 21.2 Å². The monoisotopic (exact) mass is 359 g/mol. The van der Waals surface area contributed by atoms with Crippen LogP contribution in [0.2, 0.25) is 0 Å². The van der Waals surface area contributed by atoms with Crippen molar-refractivity contribution in [2.45, 2.75) is 19.9 Å². The van der Waals surface area contributed by atoms with Gasteiger partial charge in [-0.25, -0.2) is 0 Å². The first-order valence-corrected chi connectivity index (χ1v) is 8.81. The first-order chi connectivity index (χ1) is 10.2. The van der Waals surface area contributed by atoms with Crippen LogP contribution in [0.1, 0.15) is 24.8 Å². The van der Waals surface area contributed by atoms with E-state index in [1.807, 2.05) is 11.3 Å². The van der Waals surface area contributed by atoms with Crippen molar-refractivity contribution in [3.63, 3.8) is 0 Å². The highest BCUT2D eigenvalue weighted by molar-refractivity contribution is 9.10. The van der Waals surface area contributed by atoms with Crippen molar-refractivity contribution in [2.75, 3.05) is 6.54 Å². The van der Waals surface area contributed by atoms with Crippen molar-refractivity contribution in [1.29, 1.82) is 0 Å². The second-order valence-corrected chi connectivity index (χ2v) is 7.22. The number of hydrogen-bond acceptors (Lipinski definition) is 2. The third-order valence-corrected chi connectivity index (χ3v) is 5.46. The molecule has 1 nitrogen and oxygen atoms in total. The van der Waals surface area contributed by atoms with Crippen molar-refractivity contribution >= 4 is 38.0 Å². The van der Waals surface area contributed by atoms with Gasteiger partial charge in [0.05, 0.1) is 0 Å². The van der Waals surface area contributed by atoms with E-state index in [1.165, 1.54) is 26.1 Å². The van der Waals surface area contributed by atoms with E-state index in [0.717, 1.165) is 11.0 Å². The summed E-state index contributed by atoms with van der Waals surface area (Å²) < 4.78 is 1.13. The van der Waals surface area contributed by atoms with Crippen LogP contribution < -0.4 is 5.32 Å². The van der Waals surface area contributed by atoms with Gasteiger partial charge in [0.25, 0.3) is 0 Å². The van der Waals surface area contributed by atoms with E-state index in [-0.39, 0.29) is 0 Å². The van der Waals surface area contributed by atoms with Gasteiger partial charge in [-0.05, 0) is 60.1 Å². The number of benzene rings is 2. The molecule has 3 aromatic rings. The molecule has 0 fully saturated rings. The lowest BCUT2D eigenvalue weighted by Crippen LogP contribution is -2.16. The Kier molecular flexibility index (Phi) is 4.43. The maximum atomic E-state index is 3.52. The van der Waals surface area contributed by atoms with E-state index in [1.54, 1.807) is 0 Å². The summed E-state index contributed by atoms with van der Waals surface area (Å²) in [5.41, 5.74) is 1.30. The average molecular weight is 360 g/mol. The third-order valence-electron chi connectivity index (χ3n) is 3.65. The summed E-state index contributed by atoms with van der Waals surface area (Å²) in [5, 5.41) is 6.02. The maximum Gasteiger partial charge on any atom is 0.0386 e. The van der Waals surface area contributed by atoms with Crippen LogP contribution in [0.3, 0.4) is 0 Å². The molecule has 3 heteroatoms. The fourth-order valence-electron chi connectivity index (χ4n) is 2.52. The zero-order chi connectivity index (χ0) is 14.8. The number of rotatable bonds is 4. The summed E-state index contributed by atoms with van der Waals surface area (Å²) in [4.78, 5) is 2.72. The molecule has 0 aliphatic carbocycles. The molecule has 1 heterocycles. The van der Waals surface area contributed by atoms with Crippen molar-refractivity contribution in [3.05, 3.63) is 57.9 Å². The molecule has 0 aliphatic rings. The molecule has 108 valence electrons. The summed E-state index contributed by atoms with van der Waals surface area (Å²) in [6.45, 7) is 5.36. The van der Waals surface area contributed by atoms with Gasteiger partial charge >= 0.3 is 0 Å². The van der Waals surface area contributed by atoms with Gasteiger partial charge in [-0.2, -0.15) is 0 Å². The van der Waals surface area contributed by atoms with Gasteiger partial charge in [-0.1, -0.05) is 41.1 Å². The van der Waals surface area contributed by atoms with Crippen molar-refractivity contribution in [3.8, 4) is 10.4 Å². The van der Waals surface area contributed by atoms with E-state index in [0.29, 0.717) is 6.04 Å². The van der Waals surface area contributed by atoms with Gasteiger partial charge < -0.3 is 5.32 Å². The van der Waals surface area contributed by atoms with Crippen LogP contribution in [-0.2, 0) is 0 Å². The standard InChI is InChI=1S/C18H18BrNS/c1-3-20-12(2)17-8-9-18(21-17)15-5-4-14-11-16(19)7-6-13(14)10-15/h4-12,20H,3H2,1-2H3. The Bertz CT molecular complexity index is 763. The normalized spacial score (nSPS) is 12.7. The Morgan fingerprint density at radius 3 is 2.62 bits per heavy atom. The number of halogens is 1. The van der Waals surface area contributed by atoms with Crippen molar-refractivity contribution in [2.24, 2.45) is 0 Å². The quantitative estimate of drug-likeness (QED) is 0.602. The Balaban J connectivity index is 1.95. The van der Waals surface area contributed by atoms with E-state index in [9.17, 15) is 0 Å². The molecule has 2 aromatic carbocycles. The summed E-state index contributed by atoms with van der Waals surface area (Å²) in [6.07, 6.45) is 0. The minimum Gasteiger partial charge on any atom is -0.310 e. The van der Waals surface area contributed by atoms with E-state index in [2.05, 4.69) is 83.6 Å². The minimum atomic E-state index is 0.421. The number of thiophene rings is 1. The molecule has 1 atom stereocenters. The smallest absolute Gasteiger partial charge is 0.0386 e. The summed E-state index contributed by atoms with van der Waals surface area (Å²) in [7, 11) is 0. The molecule has 0 aliphatic heterocycles. The molecular formula is C18H18BrNS. The summed E-state index contributed by atoms with van der Waals surface area (Å²) >= 11 is 5.40. The van der Waals surface area contributed by atoms with Crippen LogP contribution in [0.5, 0.6) is 0 Å². The summed E-state index contributed by atoms with van der Waals surface area (Å²) in [6, 6.07) is 18.0. The number of hydrogen-bond donors (Lipinski definition) is 1. The maximum absolute atomic E-state index is 3.52. The summed E-state index contributed by atoms with van der Waals surface area (Å²) in [5.74, 6) is 0. The van der Waals surface area contributed by atoms with Gasteiger partial charge in [0.1, 0.15) is 0 Å². The molecule has 0 saturated heterocycles. The molecule has 0 amide bonds. The molecular weight excluding hydrogens is 342 g/mol. The van der Waals surface area contributed by atoms with E-state index < -0.39 is 0 Å². The fourth-order valence-corrected chi connectivity index (χ4v) is 3.93. The Labute approximate surface area is 138 Å². The first kappa shape index (κ1) is 14.8. The van der Waals surface area contributed by atoms with Crippen LogP contribution in [0.15, 0.2) is 53.0 Å². The number of nitrogens with one attached hydrogen (secondary N) is 1. The van der Waals surface area contributed by atoms with E-state index >= 15 is 0 Å². The highest BCUT2D eigenvalue weighted by atomic mass is 79.9. The zero-order valence-electron chi connectivity index (χ0n) is 12.2. The molecule has 0 radical (unpaired) electrons. The SMILES string of the molecule is CCNC(C)c1ccc(-c2ccc3cc(Br)ccc3c2)s1. The molecule has 0 spiro atoms. The van der Waals surface area contributed by atoms with Crippen molar-refractivity contribution in [1.82, 2.24) is 5.32 Å². The molecule has 1 N–H and O–H groups in total. The van der Waals surface area contributed by atoms with Crippen LogP contribution in [0.4, 0.5) is 0 Å². The molecule has 3 rings (SSSR count). The second kappa shape index (κ2) is 6.30. The van der Waals surface area contributed by atoms with Gasteiger partial charge in [0, 0.05) is 20.3 Å². The lowest BCUT2D eigenvalue weighted by Gasteiger charge is -2.09. The lowest BCUT2D eigenvalue weighted by atomic mass is 10.1. The van der Waals surface area contributed by atoms with Crippen molar-refractivity contribution < 1.29 is 0 Å². The van der Waals surface area contributed by atoms with Gasteiger partial charge in [0.15, 0.2) is 0 Å². The molecule has 1 aromatic heterocycles. The highest BCUT2D eigenvalue weighted by Crippen LogP contribution is 2.33. The van der Waals surface area contributed by atoms with Gasteiger partial charge in [-0.15, -0.1) is 11.3 Å².